The van der Waals surface area contributed by atoms with Gasteiger partial charge in [0.15, 0.2) is 11.2 Å². The highest BCUT2D eigenvalue weighted by Crippen LogP contribution is 2.23. The largest absolute Gasteiger partial charge is 0.480 e. The number of anilines is 1. The van der Waals surface area contributed by atoms with Crippen molar-refractivity contribution in [3.05, 3.63) is 32.5 Å². The minimum atomic E-state index is -1.25. The van der Waals surface area contributed by atoms with Crippen LogP contribution in [0.5, 0.6) is 0 Å². The van der Waals surface area contributed by atoms with Gasteiger partial charge in [-0.15, -0.1) is 0 Å². The number of piperidine rings is 1. The second-order valence-corrected chi connectivity index (χ2v) is 7.45. The Balaban J connectivity index is 2.30. The van der Waals surface area contributed by atoms with Gasteiger partial charge in [-0.1, -0.05) is 11.6 Å². The molecule has 10 heteroatoms. The van der Waals surface area contributed by atoms with Gasteiger partial charge < -0.3 is 20.3 Å². The molecule has 1 fully saturated rings. The van der Waals surface area contributed by atoms with Crippen LogP contribution in [0.3, 0.4) is 0 Å². The van der Waals surface area contributed by atoms with E-state index in [1.807, 2.05) is 24.8 Å². The number of nitrogens with zero attached hydrogens (tertiary/aromatic N) is 5. The second-order valence-electron chi connectivity index (χ2n) is 7.45. The zero-order valence-corrected chi connectivity index (χ0v) is 16.4. The van der Waals surface area contributed by atoms with Crippen molar-refractivity contribution < 1.29 is 9.90 Å². The average Bonchev–Trinajstić information content (AvgIpc) is 3.01. The van der Waals surface area contributed by atoms with Crippen molar-refractivity contribution in [1.82, 2.24) is 18.7 Å². The third-order valence-electron chi connectivity index (χ3n) is 4.93. The number of aromatic nitrogens is 4. The van der Waals surface area contributed by atoms with Gasteiger partial charge in [-0.25, -0.2) is 9.36 Å². The number of carboxylic acids is 1. The summed E-state index contributed by atoms with van der Waals surface area (Å²) < 4.78 is 3.71. The van der Waals surface area contributed by atoms with Crippen LogP contribution in [0.25, 0.3) is 11.2 Å². The van der Waals surface area contributed by atoms with E-state index in [0.29, 0.717) is 19.0 Å². The van der Waals surface area contributed by atoms with Crippen LogP contribution >= 0.6 is 0 Å². The molecule has 10 nitrogen and oxygen atoms in total. The van der Waals surface area contributed by atoms with Crippen LogP contribution in [0, 0.1) is 0 Å². The number of allylic oxidation sites excluding steroid dienone is 2. The van der Waals surface area contributed by atoms with E-state index < -0.39 is 23.8 Å². The molecule has 3 heterocycles. The van der Waals surface area contributed by atoms with Gasteiger partial charge >= 0.3 is 11.7 Å². The normalized spacial score (nSPS) is 17.1. The molecule has 0 spiro atoms. The summed E-state index contributed by atoms with van der Waals surface area (Å²) in [6.07, 6.45) is 3.80. The zero-order chi connectivity index (χ0) is 20.6. The summed E-state index contributed by atoms with van der Waals surface area (Å²) in [6.45, 7) is 4.96. The van der Waals surface area contributed by atoms with E-state index in [0.717, 1.165) is 29.5 Å². The van der Waals surface area contributed by atoms with Crippen molar-refractivity contribution >= 4 is 23.1 Å². The number of rotatable bonds is 5. The Hall–Kier alpha value is -2.88. The van der Waals surface area contributed by atoms with Gasteiger partial charge in [-0.2, -0.15) is 4.98 Å². The fourth-order valence-electron chi connectivity index (χ4n) is 3.51. The van der Waals surface area contributed by atoms with Crippen LogP contribution in [0.15, 0.2) is 21.2 Å². The minimum absolute atomic E-state index is 0.0120. The van der Waals surface area contributed by atoms with E-state index in [1.165, 1.54) is 11.6 Å². The molecule has 0 saturated carbocycles. The maximum Gasteiger partial charge on any atom is 0.333 e. The van der Waals surface area contributed by atoms with E-state index >= 15 is 0 Å². The van der Waals surface area contributed by atoms with E-state index in [2.05, 4.69) is 4.98 Å². The molecule has 0 radical (unpaired) electrons. The van der Waals surface area contributed by atoms with E-state index in [-0.39, 0.29) is 17.2 Å². The smallest absolute Gasteiger partial charge is 0.333 e. The molecule has 1 aliphatic rings. The van der Waals surface area contributed by atoms with Crippen LogP contribution < -0.4 is 21.9 Å². The number of fused-ring (bicyclic) bond motifs is 1. The maximum atomic E-state index is 13.0. The Morgan fingerprint density at radius 1 is 1.32 bits per heavy atom. The molecule has 0 unspecified atom stereocenters. The fourth-order valence-corrected chi connectivity index (χ4v) is 3.51. The van der Waals surface area contributed by atoms with E-state index in [4.69, 9.17) is 10.8 Å². The summed E-state index contributed by atoms with van der Waals surface area (Å²) >= 11 is 0. The number of hydrogen-bond acceptors (Lipinski definition) is 6. The van der Waals surface area contributed by atoms with Crippen LogP contribution in [0.2, 0.25) is 0 Å². The summed E-state index contributed by atoms with van der Waals surface area (Å²) in [5.41, 5.74) is 6.29. The molecular formula is C18H26N6O4. The molecule has 1 aliphatic heterocycles. The molecule has 3 N–H and O–H groups in total. The van der Waals surface area contributed by atoms with Crippen molar-refractivity contribution in [3.8, 4) is 0 Å². The molecule has 2 aromatic heterocycles. The number of hydrogen-bond donors (Lipinski definition) is 2. The lowest BCUT2D eigenvalue weighted by Crippen LogP contribution is -2.44. The van der Waals surface area contributed by atoms with E-state index in [1.54, 1.807) is 4.57 Å². The van der Waals surface area contributed by atoms with Crippen molar-refractivity contribution in [2.75, 3.05) is 18.0 Å². The predicted molar refractivity (Wildman–Crippen MR) is 106 cm³/mol. The molecule has 0 aromatic carbocycles. The first kappa shape index (κ1) is 19.9. The van der Waals surface area contributed by atoms with Gasteiger partial charge in [0.05, 0.1) is 0 Å². The Bertz CT molecular complexity index is 1060. The number of aryl methyl sites for hydroxylation is 1. The van der Waals surface area contributed by atoms with Crippen LogP contribution in [-0.4, -0.2) is 48.9 Å². The highest BCUT2D eigenvalue weighted by molar-refractivity contribution is 5.75. The van der Waals surface area contributed by atoms with Crippen molar-refractivity contribution in [1.29, 1.82) is 0 Å². The lowest BCUT2D eigenvalue weighted by atomic mass is 10.1. The Morgan fingerprint density at radius 3 is 2.64 bits per heavy atom. The number of aliphatic carboxylic acids is 1. The molecule has 1 atom stereocenters. The third kappa shape index (κ3) is 3.59. The lowest BCUT2D eigenvalue weighted by Gasteiger charge is -2.31. The van der Waals surface area contributed by atoms with Gasteiger partial charge in [-0.05, 0) is 26.7 Å². The summed E-state index contributed by atoms with van der Waals surface area (Å²) in [5, 5.41) is 9.10. The second kappa shape index (κ2) is 7.63. The van der Waals surface area contributed by atoms with Gasteiger partial charge in [0.25, 0.3) is 5.56 Å². The summed E-state index contributed by atoms with van der Waals surface area (Å²) in [5.74, 6) is -0.682. The summed E-state index contributed by atoms with van der Waals surface area (Å²) in [4.78, 5) is 43.3. The highest BCUT2D eigenvalue weighted by Gasteiger charge is 2.26. The standard InChI is InChI=1S/C18H26N6O4/c1-11(2)6-8-23-14-15(20-17(23)22-7-4-5-12(19)9-22)21(3)18(28)24(16(14)27)10-13(25)26/h6,12H,4-5,7-10,19H2,1-3H3,(H,25,26)/t12-/m0/s1. The molecule has 3 rings (SSSR count). The summed E-state index contributed by atoms with van der Waals surface area (Å²) in [6, 6.07) is 0.0120. The topological polar surface area (TPSA) is 128 Å². The predicted octanol–water partition coefficient (Wildman–Crippen LogP) is -0.125. The molecule has 2 aromatic rings. The van der Waals surface area contributed by atoms with Gasteiger partial charge in [-0.3, -0.25) is 14.2 Å². The van der Waals surface area contributed by atoms with Gasteiger partial charge in [0.2, 0.25) is 5.95 Å². The number of imidazole rings is 1. The van der Waals surface area contributed by atoms with Crippen molar-refractivity contribution in [2.24, 2.45) is 12.8 Å². The fraction of sp³-hybridized carbons (Fsp3) is 0.556. The first-order valence-electron chi connectivity index (χ1n) is 9.26. The average molecular weight is 390 g/mol. The van der Waals surface area contributed by atoms with E-state index in [9.17, 15) is 14.4 Å². The lowest BCUT2D eigenvalue weighted by molar-refractivity contribution is -0.137. The van der Waals surface area contributed by atoms with Crippen LogP contribution in [0.4, 0.5) is 5.95 Å². The third-order valence-corrected chi connectivity index (χ3v) is 4.93. The molecule has 0 bridgehead atoms. The Kier molecular flexibility index (Phi) is 5.41. The zero-order valence-electron chi connectivity index (χ0n) is 16.4. The van der Waals surface area contributed by atoms with Crippen molar-refractivity contribution in [2.45, 2.75) is 45.8 Å². The molecule has 28 heavy (non-hydrogen) atoms. The maximum absolute atomic E-state index is 13.0. The first-order valence-corrected chi connectivity index (χ1v) is 9.26. The first-order chi connectivity index (χ1) is 13.2. The molecule has 152 valence electrons. The SMILES string of the molecule is CC(C)=CCn1c(N2CCC[C@H](N)C2)nc2c1c(=O)n(CC(=O)O)c(=O)n2C. The monoisotopic (exact) mass is 390 g/mol. The Labute approximate surface area is 161 Å². The molecule has 0 amide bonds. The molecular weight excluding hydrogens is 364 g/mol. The highest BCUT2D eigenvalue weighted by atomic mass is 16.4. The van der Waals surface area contributed by atoms with Crippen molar-refractivity contribution in [3.63, 3.8) is 0 Å². The van der Waals surface area contributed by atoms with Crippen LogP contribution in [-0.2, 0) is 24.9 Å². The van der Waals surface area contributed by atoms with Gasteiger partial charge in [0, 0.05) is 32.7 Å². The number of carbonyl (C=O) groups is 1. The molecule has 1 saturated heterocycles. The minimum Gasteiger partial charge on any atom is -0.480 e. The number of nitrogens with two attached hydrogens (primary N) is 1. The summed E-state index contributed by atoms with van der Waals surface area (Å²) in [7, 11) is 1.49. The quantitative estimate of drug-likeness (QED) is 0.681. The van der Waals surface area contributed by atoms with Crippen LogP contribution in [0.1, 0.15) is 26.7 Å². The number of carboxylic acid groups (broad SMARTS) is 1. The molecule has 0 aliphatic carbocycles. The van der Waals surface area contributed by atoms with Gasteiger partial charge in [0.1, 0.15) is 6.54 Å². The Morgan fingerprint density at radius 2 is 2.04 bits per heavy atom.